The van der Waals surface area contributed by atoms with E-state index in [2.05, 4.69) is 59.2 Å². The van der Waals surface area contributed by atoms with Crippen molar-refractivity contribution >= 4 is 24.4 Å². The van der Waals surface area contributed by atoms with Gasteiger partial charge in [-0.05, 0) is 58.4 Å². The average Bonchev–Trinajstić information content (AvgIpc) is 2.66. The Kier molecular flexibility index (Phi) is 3.57. The predicted molar refractivity (Wildman–Crippen MR) is 85.9 cm³/mol. The number of hydrogen-bond acceptors (Lipinski definition) is 0. The Morgan fingerprint density at radius 1 is 0.895 bits per heavy atom. The summed E-state index contributed by atoms with van der Waals surface area (Å²) in [6.45, 7) is 11.8. The van der Waals surface area contributed by atoms with Crippen LogP contribution in [0.4, 0.5) is 0 Å². The van der Waals surface area contributed by atoms with Gasteiger partial charge in [0.1, 0.15) is 0 Å². The quantitative estimate of drug-likeness (QED) is 0.598. The van der Waals surface area contributed by atoms with Gasteiger partial charge in [-0.3, -0.25) is 0 Å². The van der Waals surface area contributed by atoms with Gasteiger partial charge >= 0.3 is 18.9 Å². The van der Waals surface area contributed by atoms with Crippen molar-refractivity contribution in [2.45, 2.75) is 58.3 Å². The van der Waals surface area contributed by atoms with Crippen molar-refractivity contribution in [2.75, 3.05) is 0 Å². The van der Waals surface area contributed by atoms with Gasteiger partial charge in [-0.25, -0.2) is 0 Å². The maximum atomic E-state index is 2.46. The monoisotopic (exact) mass is 247 g/mol. The van der Waals surface area contributed by atoms with Crippen LogP contribution >= 0.6 is 0 Å². The Labute approximate surface area is 129 Å². The van der Waals surface area contributed by atoms with Crippen LogP contribution in [0.3, 0.4) is 0 Å². The predicted octanol–water partition coefficient (Wildman–Crippen LogP) is 4.36. The van der Waals surface area contributed by atoms with E-state index in [-0.39, 0.29) is 18.9 Å². The zero-order valence-electron chi connectivity index (χ0n) is 12.2. The molecule has 0 spiro atoms. The van der Waals surface area contributed by atoms with E-state index in [1.807, 2.05) is 0 Å². The van der Waals surface area contributed by atoms with Crippen LogP contribution in [0.5, 0.6) is 0 Å². The van der Waals surface area contributed by atoms with Crippen LogP contribution in [0.1, 0.15) is 69.7 Å². The van der Waals surface area contributed by atoms with Gasteiger partial charge < -0.3 is 0 Å². The van der Waals surface area contributed by atoms with Crippen molar-refractivity contribution < 1.29 is 0 Å². The molecule has 1 aromatic rings. The number of allylic oxidation sites excluding steroid dienone is 2. The number of rotatable bonds is 0. The first kappa shape index (κ1) is 15.0. The molecule has 19 heavy (non-hydrogen) atoms. The van der Waals surface area contributed by atoms with E-state index in [0.29, 0.717) is 10.8 Å². The molecule has 1 heteroatoms. The van der Waals surface area contributed by atoms with Crippen LogP contribution in [0.15, 0.2) is 18.2 Å². The van der Waals surface area contributed by atoms with E-state index >= 15 is 0 Å². The molecule has 0 aliphatic heterocycles. The van der Waals surface area contributed by atoms with Crippen molar-refractivity contribution in [1.29, 1.82) is 0 Å². The van der Waals surface area contributed by atoms with Crippen molar-refractivity contribution in [3.05, 3.63) is 46.9 Å². The van der Waals surface area contributed by atoms with E-state index in [0.717, 1.165) is 0 Å². The molecule has 3 rings (SSSR count). The molecule has 0 amide bonds. The fourth-order valence-electron chi connectivity index (χ4n) is 3.41. The van der Waals surface area contributed by atoms with Gasteiger partial charge in [0.05, 0.1) is 0 Å². The van der Waals surface area contributed by atoms with Crippen molar-refractivity contribution in [1.82, 2.24) is 0 Å². The normalized spacial score (nSPS) is 22.1. The van der Waals surface area contributed by atoms with Gasteiger partial charge in [0.15, 0.2) is 0 Å². The molecule has 0 unspecified atom stereocenters. The van der Waals surface area contributed by atoms with Crippen LogP contribution in [-0.2, 0) is 10.8 Å². The van der Waals surface area contributed by atoms with Crippen molar-refractivity contribution in [3.63, 3.8) is 0 Å². The molecule has 1 aromatic carbocycles. The molecule has 0 atom stereocenters. The van der Waals surface area contributed by atoms with Gasteiger partial charge in [0.25, 0.3) is 0 Å². The van der Waals surface area contributed by atoms with E-state index in [4.69, 9.17) is 0 Å². The summed E-state index contributed by atoms with van der Waals surface area (Å²) < 4.78 is 0. The first-order valence-corrected chi connectivity index (χ1v) is 7.02. The Morgan fingerprint density at radius 2 is 1.42 bits per heavy atom. The molecule has 0 saturated carbocycles. The summed E-state index contributed by atoms with van der Waals surface area (Å²) in [5, 5.41) is 0. The standard InChI is InChI=1S/C18H23.Li.H/c1-12-6-7-13-10-15-16(11-14(12)13)18(4,5)9-8-17(15,2)3;;/h6-7,10-11H,8-9H2,1-5H3;;. The Morgan fingerprint density at radius 3 is 2.00 bits per heavy atom. The molecule has 2 aliphatic carbocycles. The molecule has 2 aliphatic rings. The molecule has 0 heterocycles. The maximum absolute atomic E-state index is 2.46. The Bertz CT molecular complexity index is 547. The third-order valence-corrected chi connectivity index (χ3v) is 4.96. The molecule has 0 nitrogen and oxygen atoms in total. The summed E-state index contributed by atoms with van der Waals surface area (Å²) in [5.41, 5.74) is 8.05. The van der Waals surface area contributed by atoms with E-state index < -0.39 is 0 Å². The second kappa shape index (κ2) is 4.54. The van der Waals surface area contributed by atoms with Gasteiger partial charge in [0.2, 0.25) is 0 Å². The van der Waals surface area contributed by atoms with E-state index in [9.17, 15) is 0 Å². The van der Waals surface area contributed by atoms with Gasteiger partial charge in [-0.15, -0.1) is 0 Å². The SMILES string of the molecule is CC1=C[CH]c2cc3c(cc21)C(C)(C)CCC3(C)C.[LiH]. The second-order valence-corrected chi connectivity index (χ2v) is 7.27. The minimum atomic E-state index is 0. The van der Waals surface area contributed by atoms with E-state index in [1.165, 1.54) is 29.5 Å². The average molecular weight is 247 g/mol. The fourth-order valence-corrected chi connectivity index (χ4v) is 3.41. The zero-order chi connectivity index (χ0) is 13.1. The summed E-state index contributed by atoms with van der Waals surface area (Å²) in [5.74, 6) is 0. The van der Waals surface area contributed by atoms with E-state index in [1.54, 1.807) is 11.1 Å². The third kappa shape index (κ3) is 2.24. The molecule has 0 fully saturated rings. The molecule has 97 valence electrons. The van der Waals surface area contributed by atoms with Crippen molar-refractivity contribution in [3.8, 4) is 0 Å². The van der Waals surface area contributed by atoms with Crippen LogP contribution in [0, 0.1) is 6.42 Å². The van der Waals surface area contributed by atoms with Crippen LogP contribution in [-0.4, -0.2) is 18.9 Å². The molecule has 1 radical (unpaired) electrons. The van der Waals surface area contributed by atoms with Crippen LogP contribution < -0.4 is 0 Å². The summed E-state index contributed by atoms with van der Waals surface area (Å²) in [6, 6.07) is 4.90. The van der Waals surface area contributed by atoms with Crippen molar-refractivity contribution in [2.24, 2.45) is 0 Å². The molecular weight excluding hydrogens is 223 g/mol. The summed E-state index contributed by atoms with van der Waals surface area (Å²) in [4.78, 5) is 0. The molecule has 0 aromatic heterocycles. The summed E-state index contributed by atoms with van der Waals surface area (Å²) in [6.07, 6.45) is 7.09. The molecular formula is C18H24Li. The first-order valence-electron chi connectivity index (χ1n) is 7.02. The van der Waals surface area contributed by atoms with Gasteiger partial charge in [-0.2, -0.15) is 0 Å². The number of fused-ring (bicyclic) bond motifs is 2. The Balaban J connectivity index is 0.00000133. The number of hydrogen-bond donors (Lipinski definition) is 0. The van der Waals surface area contributed by atoms with Gasteiger partial charge in [-0.1, -0.05) is 45.9 Å². The van der Waals surface area contributed by atoms with Crippen LogP contribution in [0.25, 0.3) is 5.57 Å². The first-order chi connectivity index (χ1) is 8.31. The van der Waals surface area contributed by atoms with Gasteiger partial charge in [0, 0.05) is 6.42 Å². The summed E-state index contributed by atoms with van der Waals surface area (Å²) >= 11 is 0. The fraction of sp³-hybridized carbons (Fsp3) is 0.500. The minimum absolute atomic E-state index is 0. The zero-order valence-corrected chi connectivity index (χ0v) is 12.2. The molecule has 0 saturated heterocycles. The molecule has 0 N–H and O–H groups in total. The van der Waals surface area contributed by atoms with Crippen LogP contribution in [0.2, 0.25) is 0 Å². The number of benzene rings is 1. The second-order valence-electron chi connectivity index (χ2n) is 7.27. The topological polar surface area (TPSA) is 0 Å². The summed E-state index contributed by atoms with van der Waals surface area (Å²) in [7, 11) is 0. The molecule has 0 bridgehead atoms. The Hall–Kier alpha value is -0.443. The third-order valence-electron chi connectivity index (χ3n) is 4.96.